The third kappa shape index (κ3) is 4.67. The van der Waals surface area contributed by atoms with Crippen molar-refractivity contribution in [3.8, 4) is 0 Å². The molecule has 0 radical (unpaired) electrons. The Morgan fingerprint density at radius 1 is 1.16 bits per heavy atom. The predicted molar refractivity (Wildman–Crippen MR) is 80.1 cm³/mol. The van der Waals surface area contributed by atoms with E-state index in [-0.39, 0.29) is 11.9 Å². The molecule has 1 rings (SSSR count). The molecule has 0 aliphatic carbocycles. The summed E-state index contributed by atoms with van der Waals surface area (Å²) in [5, 5.41) is 3.31. The summed E-state index contributed by atoms with van der Waals surface area (Å²) in [5.74, 6) is 0.175. The molecule has 19 heavy (non-hydrogen) atoms. The minimum absolute atomic E-state index is 0.138. The van der Waals surface area contributed by atoms with Gasteiger partial charge in [-0.3, -0.25) is 4.79 Å². The lowest BCUT2D eigenvalue weighted by atomic mass is 10.1. The maximum absolute atomic E-state index is 12.1. The first-order chi connectivity index (χ1) is 8.97. The lowest BCUT2D eigenvalue weighted by molar-refractivity contribution is -0.132. The number of hydrogen-bond acceptors (Lipinski definition) is 2. The van der Waals surface area contributed by atoms with E-state index in [1.807, 2.05) is 25.7 Å². The highest BCUT2D eigenvalue weighted by atomic mass is 16.2. The van der Waals surface area contributed by atoms with Gasteiger partial charge in [-0.15, -0.1) is 0 Å². The number of benzene rings is 1. The van der Waals surface area contributed by atoms with Gasteiger partial charge in [0.05, 0.1) is 6.04 Å². The van der Waals surface area contributed by atoms with Gasteiger partial charge in [0.15, 0.2) is 0 Å². The molecular weight excluding hydrogens is 236 g/mol. The van der Waals surface area contributed by atoms with Gasteiger partial charge in [-0.05, 0) is 40.2 Å². The van der Waals surface area contributed by atoms with Crippen molar-refractivity contribution in [2.24, 2.45) is 0 Å². The van der Waals surface area contributed by atoms with Gasteiger partial charge in [0.2, 0.25) is 5.91 Å². The van der Waals surface area contributed by atoms with E-state index in [2.05, 4.69) is 37.4 Å². The smallest absolute Gasteiger partial charge is 0.239 e. The maximum Gasteiger partial charge on any atom is 0.239 e. The van der Waals surface area contributed by atoms with E-state index in [0.717, 1.165) is 19.6 Å². The molecule has 0 aliphatic rings. The van der Waals surface area contributed by atoms with Crippen molar-refractivity contribution in [2.75, 3.05) is 13.1 Å². The van der Waals surface area contributed by atoms with Crippen LogP contribution in [0, 0.1) is 13.8 Å². The molecule has 0 heterocycles. The number of carbonyl (C=O) groups is 1. The van der Waals surface area contributed by atoms with Crippen LogP contribution in [0.2, 0.25) is 0 Å². The van der Waals surface area contributed by atoms with Crippen LogP contribution in [0.5, 0.6) is 0 Å². The third-order valence-electron chi connectivity index (χ3n) is 3.34. The number of likely N-dealkylation sites (N-methyl/N-ethyl adjacent to an activating group) is 1. The monoisotopic (exact) mass is 262 g/mol. The maximum atomic E-state index is 12.1. The van der Waals surface area contributed by atoms with Crippen molar-refractivity contribution in [2.45, 2.75) is 47.2 Å². The lowest BCUT2D eigenvalue weighted by Gasteiger charge is -2.23. The van der Waals surface area contributed by atoms with Gasteiger partial charge in [0.25, 0.3) is 0 Å². The summed E-state index contributed by atoms with van der Waals surface area (Å²) in [6.07, 6.45) is 0. The molecule has 106 valence electrons. The van der Waals surface area contributed by atoms with Crippen molar-refractivity contribution < 1.29 is 4.79 Å². The highest BCUT2D eigenvalue weighted by Crippen LogP contribution is 2.09. The normalized spacial score (nSPS) is 12.3. The highest BCUT2D eigenvalue weighted by molar-refractivity contribution is 5.81. The molecule has 0 spiro atoms. The first-order valence-corrected chi connectivity index (χ1v) is 7.07. The Kier molecular flexibility index (Phi) is 6.03. The molecule has 1 amide bonds. The fourth-order valence-corrected chi connectivity index (χ4v) is 2.34. The Bertz CT molecular complexity index is 405. The molecule has 1 unspecified atom stereocenters. The van der Waals surface area contributed by atoms with E-state index >= 15 is 0 Å². The van der Waals surface area contributed by atoms with Crippen molar-refractivity contribution >= 4 is 5.91 Å². The van der Waals surface area contributed by atoms with Crippen molar-refractivity contribution in [1.82, 2.24) is 10.2 Å². The minimum atomic E-state index is -0.138. The largest absolute Gasteiger partial charge is 0.342 e. The fraction of sp³-hybridized carbons (Fsp3) is 0.562. The zero-order valence-electron chi connectivity index (χ0n) is 12.8. The standard InChI is InChI=1S/C16H26N2O/c1-6-18(7-2)16(19)14(5)17-11-15-9-12(3)8-13(4)10-15/h8-10,14,17H,6-7,11H2,1-5H3. The summed E-state index contributed by atoms with van der Waals surface area (Å²) in [7, 11) is 0. The summed E-state index contributed by atoms with van der Waals surface area (Å²) >= 11 is 0. The van der Waals surface area contributed by atoms with Gasteiger partial charge in [-0.1, -0.05) is 29.3 Å². The Hall–Kier alpha value is -1.35. The second-order valence-corrected chi connectivity index (χ2v) is 5.11. The molecule has 0 saturated heterocycles. The number of nitrogens with zero attached hydrogens (tertiary/aromatic N) is 1. The zero-order chi connectivity index (χ0) is 14.4. The minimum Gasteiger partial charge on any atom is -0.342 e. The second kappa shape index (κ2) is 7.29. The van der Waals surface area contributed by atoms with E-state index in [0.29, 0.717) is 0 Å². The van der Waals surface area contributed by atoms with Crippen LogP contribution in [0.25, 0.3) is 0 Å². The van der Waals surface area contributed by atoms with Gasteiger partial charge < -0.3 is 10.2 Å². The van der Waals surface area contributed by atoms with Crippen LogP contribution in [0.15, 0.2) is 18.2 Å². The van der Waals surface area contributed by atoms with Crippen LogP contribution in [-0.2, 0) is 11.3 Å². The predicted octanol–water partition coefficient (Wildman–Crippen LogP) is 2.65. The number of aryl methyl sites for hydroxylation is 2. The van der Waals surface area contributed by atoms with Crippen LogP contribution < -0.4 is 5.32 Å². The average Bonchev–Trinajstić information content (AvgIpc) is 2.36. The number of carbonyl (C=O) groups excluding carboxylic acids is 1. The Labute approximate surface area is 117 Å². The van der Waals surface area contributed by atoms with E-state index in [1.165, 1.54) is 16.7 Å². The highest BCUT2D eigenvalue weighted by Gasteiger charge is 2.17. The molecule has 3 heteroatoms. The molecule has 3 nitrogen and oxygen atoms in total. The second-order valence-electron chi connectivity index (χ2n) is 5.11. The van der Waals surface area contributed by atoms with Gasteiger partial charge >= 0.3 is 0 Å². The molecule has 0 aromatic heterocycles. The fourth-order valence-electron chi connectivity index (χ4n) is 2.34. The SMILES string of the molecule is CCN(CC)C(=O)C(C)NCc1cc(C)cc(C)c1. The number of amides is 1. The lowest BCUT2D eigenvalue weighted by Crippen LogP contribution is -2.44. The van der Waals surface area contributed by atoms with Gasteiger partial charge in [0, 0.05) is 19.6 Å². The molecule has 1 aromatic carbocycles. The Morgan fingerprint density at radius 3 is 2.16 bits per heavy atom. The first kappa shape index (κ1) is 15.7. The van der Waals surface area contributed by atoms with Crippen molar-refractivity contribution in [3.05, 3.63) is 34.9 Å². The molecule has 0 saturated carbocycles. The van der Waals surface area contributed by atoms with Crippen molar-refractivity contribution in [1.29, 1.82) is 0 Å². The Balaban J connectivity index is 2.58. The van der Waals surface area contributed by atoms with E-state index in [4.69, 9.17) is 0 Å². The van der Waals surface area contributed by atoms with E-state index < -0.39 is 0 Å². The molecule has 0 bridgehead atoms. The summed E-state index contributed by atoms with van der Waals surface area (Å²) in [6.45, 7) is 12.4. The van der Waals surface area contributed by atoms with Crippen LogP contribution in [0.1, 0.15) is 37.5 Å². The third-order valence-corrected chi connectivity index (χ3v) is 3.34. The van der Waals surface area contributed by atoms with Crippen molar-refractivity contribution in [3.63, 3.8) is 0 Å². The molecule has 1 atom stereocenters. The van der Waals surface area contributed by atoms with Crippen LogP contribution in [0.3, 0.4) is 0 Å². The number of rotatable bonds is 6. The van der Waals surface area contributed by atoms with Gasteiger partial charge in [-0.2, -0.15) is 0 Å². The summed E-state index contributed by atoms with van der Waals surface area (Å²) < 4.78 is 0. The van der Waals surface area contributed by atoms with Gasteiger partial charge in [-0.25, -0.2) is 0 Å². The van der Waals surface area contributed by atoms with Gasteiger partial charge in [0.1, 0.15) is 0 Å². The van der Waals surface area contributed by atoms with E-state index in [9.17, 15) is 4.79 Å². The van der Waals surface area contributed by atoms with Crippen LogP contribution in [-0.4, -0.2) is 29.9 Å². The topological polar surface area (TPSA) is 32.3 Å². The first-order valence-electron chi connectivity index (χ1n) is 7.07. The number of hydrogen-bond donors (Lipinski definition) is 1. The summed E-state index contributed by atoms with van der Waals surface area (Å²) in [5.41, 5.74) is 3.76. The number of nitrogens with one attached hydrogen (secondary N) is 1. The van der Waals surface area contributed by atoms with E-state index in [1.54, 1.807) is 0 Å². The average molecular weight is 262 g/mol. The quantitative estimate of drug-likeness (QED) is 0.855. The Morgan fingerprint density at radius 2 is 1.68 bits per heavy atom. The zero-order valence-corrected chi connectivity index (χ0v) is 12.8. The van der Waals surface area contributed by atoms with Crippen LogP contribution in [0.4, 0.5) is 0 Å². The molecule has 1 N–H and O–H groups in total. The molecule has 0 aliphatic heterocycles. The van der Waals surface area contributed by atoms with Crippen LogP contribution >= 0.6 is 0 Å². The molecule has 0 fully saturated rings. The summed E-state index contributed by atoms with van der Waals surface area (Å²) in [6, 6.07) is 6.35. The molecule has 1 aromatic rings. The summed E-state index contributed by atoms with van der Waals surface area (Å²) in [4.78, 5) is 14.0. The molecular formula is C16H26N2O.